The molecule has 158 valence electrons. The minimum Gasteiger partial charge on any atom is -0.356 e. The average Bonchev–Trinajstić information content (AvgIpc) is 2.61. The monoisotopic (exact) mass is 420 g/mol. The molecule has 1 fully saturated rings. The van der Waals surface area contributed by atoms with E-state index < -0.39 is 26.3 Å². The molecule has 28 heavy (non-hydrogen) atoms. The molecule has 1 aliphatic rings. The summed E-state index contributed by atoms with van der Waals surface area (Å²) in [6.07, 6.45) is -1.14. The van der Waals surface area contributed by atoms with Crippen molar-refractivity contribution in [1.29, 1.82) is 0 Å². The molecular formula is C19H27F3N2O3S. The molecule has 0 unspecified atom stereocenters. The highest BCUT2D eigenvalue weighted by molar-refractivity contribution is 7.92. The van der Waals surface area contributed by atoms with Crippen LogP contribution in [0.1, 0.15) is 51.5 Å². The lowest BCUT2D eigenvalue weighted by molar-refractivity contribution is -0.137. The number of rotatable bonds is 6. The second-order valence-corrected chi connectivity index (χ2v) is 10.5. The van der Waals surface area contributed by atoms with Crippen LogP contribution in [-0.4, -0.2) is 31.7 Å². The highest BCUT2D eigenvalue weighted by Gasteiger charge is 2.38. The maximum absolute atomic E-state index is 12.9. The molecule has 5 nitrogen and oxygen atoms in total. The number of halogens is 3. The van der Waals surface area contributed by atoms with E-state index in [0.717, 1.165) is 37.5 Å². The summed E-state index contributed by atoms with van der Waals surface area (Å²) in [5.74, 6) is -0.476. The summed E-state index contributed by atoms with van der Waals surface area (Å²) in [5, 5.41) is 2.73. The lowest BCUT2D eigenvalue weighted by Crippen LogP contribution is -2.45. The van der Waals surface area contributed by atoms with Crippen molar-refractivity contribution < 1.29 is 26.4 Å². The molecular weight excluding hydrogens is 393 g/mol. The van der Waals surface area contributed by atoms with Crippen LogP contribution in [0.25, 0.3) is 0 Å². The number of hydrogen-bond acceptors (Lipinski definition) is 4. The van der Waals surface area contributed by atoms with Crippen molar-refractivity contribution in [1.82, 2.24) is 5.32 Å². The number of amides is 1. The van der Waals surface area contributed by atoms with Gasteiger partial charge < -0.3 is 11.1 Å². The number of sulfone groups is 1. The predicted molar refractivity (Wildman–Crippen MR) is 100 cm³/mol. The molecule has 2 rings (SSSR count). The van der Waals surface area contributed by atoms with Crippen LogP contribution in [0, 0.1) is 5.92 Å². The molecule has 1 aromatic carbocycles. The lowest BCUT2D eigenvalue weighted by atomic mass is 9.84. The van der Waals surface area contributed by atoms with Gasteiger partial charge in [-0.2, -0.15) is 13.2 Å². The molecule has 0 saturated heterocycles. The van der Waals surface area contributed by atoms with Gasteiger partial charge in [0.1, 0.15) is 0 Å². The van der Waals surface area contributed by atoms with Crippen LogP contribution >= 0.6 is 0 Å². The zero-order valence-corrected chi connectivity index (χ0v) is 16.9. The smallest absolute Gasteiger partial charge is 0.356 e. The Morgan fingerprint density at radius 2 is 1.86 bits per heavy atom. The van der Waals surface area contributed by atoms with Crippen molar-refractivity contribution in [3.63, 3.8) is 0 Å². The fraction of sp³-hybridized carbons (Fsp3) is 0.632. The topological polar surface area (TPSA) is 89.3 Å². The van der Waals surface area contributed by atoms with Crippen LogP contribution in [0.15, 0.2) is 29.2 Å². The van der Waals surface area contributed by atoms with Crippen molar-refractivity contribution in [2.75, 3.05) is 6.54 Å². The number of hydrogen-bond donors (Lipinski definition) is 2. The van der Waals surface area contributed by atoms with Gasteiger partial charge in [-0.1, -0.05) is 18.9 Å². The second-order valence-electron chi connectivity index (χ2n) is 7.88. The standard InChI is InChI=1S/C19H27F3N2O3S/c1-18(2,10-11-24-17(25)15-8-3-4-9-16(15)23)28(26,27)14-7-5-6-13(12-14)19(20,21)22/h5-7,12,15-16H,3-4,8-11,23H2,1-2H3,(H,24,25)/t15-,16-/m0/s1. The SMILES string of the molecule is CC(C)(CCNC(=O)[C@H]1CCCC[C@@H]1N)S(=O)(=O)c1cccc(C(F)(F)F)c1. The van der Waals surface area contributed by atoms with E-state index in [1.807, 2.05) is 0 Å². The van der Waals surface area contributed by atoms with E-state index in [2.05, 4.69) is 5.32 Å². The molecule has 0 bridgehead atoms. The number of benzene rings is 1. The van der Waals surface area contributed by atoms with Gasteiger partial charge in [-0.15, -0.1) is 0 Å². The molecule has 1 aliphatic carbocycles. The van der Waals surface area contributed by atoms with Crippen molar-refractivity contribution in [2.45, 2.75) is 67.8 Å². The Morgan fingerprint density at radius 1 is 1.21 bits per heavy atom. The second kappa shape index (κ2) is 8.41. The maximum atomic E-state index is 12.9. The number of nitrogens with one attached hydrogen (secondary N) is 1. The zero-order valence-electron chi connectivity index (χ0n) is 16.1. The van der Waals surface area contributed by atoms with Gasteiger partial charge in [0.05, 0.1) is 21.1 Å². The highest BCUT2D eigenvalue weighted by Crippen LogP contribution is 2.34. The predicted octanol–water partition coefficient (Wildman–Crippen LogP) is 3.28. The first-order valence-electron chi connectivity index (χ1n) is 9.31. The van der Waals surface area contributed by atoms with Crippen LogP contribution in [0.3, 0.4) is 0 Å². The van der Waals surface area contributed by atoms with Gasteiger partial charge in [0, 0.05) is 12.6 Å². The number of nitrogens with two attached hydrogens (primary N) is 1. The third-order valence-corrected chi connectivity index (χ3v) is 7.92. The molecule has 0 aliphatic heterocycles. The summed E-state index contributed by atoms with van der Waals surface area (Å²) >= 11 is 0. The number of carbonyl (C=O) groups excluding carboxylic acids is 1. The molecule has 0 radical (unpaired) electrons. The Bertz CT molecular complexity index is 807. The molecule has 9 heteroatoms. The van der Waals surface area contributed by atoms with E-state index in [0.29, 0.717) is 12.5 Å². The van der Waals surface area contributed by atoms with Crippen LogP contribution in [0.2, 0.25) is 0 Å². The quantitative estimate of drug-likeness (QED) is 0.739. The summed E-state index contributed by atoms with van der Waals surface area (Å²) < 4.78 is 63.1. The van der Waals surface area contributed by atoms with Crippen molar-refractivity contribution in [3.05, 3.63) is 29.8 Å². The summed E-state index contributed by atoms with van der Waals surface area (Å²) in [6.45, 7) is 3.00. The summed E-state index contributed by atoms with van der Waals surface area (Å²) in [4.78, 5) is 11.9. The number of alkyl halides is 3. The van der Waals surface area contributed by atoms with Gasteiger partial charge in [-0.3, -0.25) is 4.79 Å². The van der Waals surface area contributed by atoms with Crippen molar-refractivity contribution >= 4 is 15.7 Å². The van der Waals surface area contributed by atoms with E-state index in [9.17, 15) is 26.4 Å². The fourth-order valence-corrected chi connectivity index (χ4v) is 4.94. The van der Waals surface area contributed by atoms with E-state index in [-0.39, 0.29) is 35.7 Å². The van der Waals surface area contributed by atoms with Gasteiger partial charge >= 0.3 is 6.18 Å². The maximum Gasteiger partial charge on any atom is 0.416 e. The molecule has 0 heterocycles. The Labute approximate surface area is 163 Å². The van der Waals surface area contributed by atoms with Gasteiger partial charge in [0.15, 0.2) is 9.84 Å². The third-order valence-electron chi connectivity index (χ3n) is 5.38. The first-order valence-corrected chi connectivity index (χ1v) is 10.8. The Morgan fingerprint density at radius 3 is 2.46 bits per heavy atom. The fourth-order valence-electron chi connectivity index (χ4n) is 3.40. The van der Waals surface area contributed by atoms with Gasteiger partial charge in [-0.25, -0.2) is 8.42 Å². The lowest BCUT2D eigenvalue weighted by Gasteiger charge is -2.29. The van der Waals surface area contributed by atoms with E-state index in [1.165, 1.54) is 13.8 Å². The normalized spacial score (nSPS) is 21.4. The first-order chi connectivity index (χ1) is 12.9. The van der Waals surface area contributed by atoms with Crippen molar-refractivity contribution in [3.8, 4) is 0 Å². The van der Waals surface area contributed by atoms with Gasteiger partial charge in [-0.05, 0) is 51.3 Å². The summed E-state index contributed by atoms with van der Waals surface area (Å²) in [7, 11) is -4.03. The summed E-state index contributed by atoms with van der Waals surface area (Å²) in [6, 6.07) is 3.52. The molecule has 0 spiro atoms. The van der Waals surface area contributed by atoms with Gasteiger partial charge in [0.2, 0.25) is 5.91 Å². The Balaban J connectivity index is 2.06. The largest absolute Gasteiger partial charge is 0.416 e. The highest BCUT2D eigenvalue weighted by atomic mass is 32.2. The van der Waals surface area contributed by atoms with E-state index in [1.54, 1.807) is 0 Å². The van der Waals surface area contributed by atoms with E-state index >= 15 is 0 Å². The van der Waals surface area contributed by atoms with Crippen LogP contribution in [-0.2, 0) is 20.8 Å². The molecule has 1 amide bonds. The average molecular weight is 420 g/mol. The van der Waals surface area contributed by atoms with Crippen LogP contribution in [0.4, 0.5) is 13.2 Å². The van der Waals surface area contributed by atoms with Crippen LogP contribution < -0.4 is 11.1 Å². The van der Waals surface area contributed by atoms with Crippen molar-refractivity contribution in [2.24, 2.45) is 11.7 Å². The minimum absolute atomic E-state index is 0.0687. The van der Waals surface area contributed by atoms with Gasteiger partial charge in [0.25, 0.3) is 0 Å². The first kappa shape index (κ1) is 22.7. The molecule has 1 aromatic rings. The Kier molecular flexibility index (Phi) is 6.81. The minimum atomic E-state index is -4.62. The Hall–Kier alpha value is -1.61. The molecule has 0 aromatic heterocycles. The number of carbonyl (C=O) groups is 1. The van der Waals surface area contributed by atoms with Crippen LogP contribution in [0.5, 0.6) is 0 Å². The zero-order chi connectivity index (χ0) is 21.2. The molecule has 1 saturated carbocycles. The summed E-state index contributed by atoms with van der Waals surface area (Å²) in [5.41, 5.74) is 4.97. The molecule has 3 N–H and O–H groups in total. The third kappa shape index (κ3) is 5.05. The van der Waals surface area contributed by atoms with E-state index in [4.69, 9.17) is 5.73 Å². The molecule has 2 atom stereocenters.